The standard InChI is InChI=1S/C10H21NO3/c1-12-8-10(13-2)6-11-5-9-3-4-14-7-9/h9-11H,3-8H2,1-2H3. The molecule has 0 aromatic carbocycles. The summed E-state index contributed by atoms with van der Waals surface area (Å²) in [5.74, 6) is 0.676. The van der Waals surface area contributed by atoms with E-state index in [4.69, 9.17) is 14.2 Å². The van der Waals surface area contributed by atoms with E-state index in [2.05, 4.69) is 5.32 Å². The third-order valence-corrected chi connectivity index (χ3v) is 2.51. The van der Waals surface area contributed by atoms with Gasteiger partial charge in [0.25, 0.3) is 0 Å². The van der Waals surface area contributed by atoms with Crippen molar-refractivity contribution in [2.45, 2.75) is 12.5 Å². The first-order valence-electron chi connectivity index (χ1n) is 5.17. The summed E-state index contributed by atoms with van der Waals surface area (Å²) in [4.78, 5) is 0. The Hall–Kier alpha value is -0.160. The fourth-order valence-corrected chi connectivity index (χ4v) is 1.59. The van der Waals surface area contributed by atoms with Crippen LogP contribution in [0, 0.1) is 5.92 Å². The second-order valence-electron chi connectivity index (χ2n) is 3.70. The van der Waals surface area contributed by atoms with Gasteiger partial charge in [0.15, 0.2) is 0 Å². The minimum atomic E-state index is 0.155. The fourth-order valence-electron chi connectivity index (χ4n) is 1.59. The predicted octanol–water partition coefficient (Wildman–Crippen LogP) is 0.274. The van der Waals surface area contributed by atoms with Gasteiger partial charge in [-0.15, -0.1) is 0 Å². The monoisotopic (exact) mass is 203 g/mol. The molecule has 1 aliphatic heterocycles. The lowest BCUT2D eigenvalue weighted by Gasteiger charge is -2.16. The summed E-state index contributed by atoms with van der Waals surface area (Å²) in [5.41, 5.74) is 0. The average molecular weight is 203 g/mol. The van der Waals surface area contributed by atoms with Gasteiger partial charge in [-0.25, -0.2) is 0 Å². The summed E-state index contributed by atoms with van der Waals surface area (Å²) < 4.78 is 15.6. The van der Waals surface area contributed by atoms with Crippen molar-refractivity contribution in [2.24, 2.45) is 5.92 Å². The van der Waals surface area contributed by atoms with E-state index in [9.17, 15) is 0 Å². The van der Waals surface area contributed by atoms with Crippen molar-refractivity contribution in [1.29, 1.82) is 0 Å². The molecule has 1 saturated heterocycles. The summed E-state index contributed by atoms with van der Waals surface area (Å²) >= 11 is 0. The van der Waals surface area contributed by atoms with E-state index >= 15 is 0 Å². The molecule has 0 amide bonds. The Kier molecular flexibility index (Phi) is 6.10. The summed E-state index contributed by atoms with van der Waals surface area (Å²) in [6.45, 7) is 4.32. The van der Waals surface area contributed by atoms with Gasteiger partial charge in [-0.05, 0) is 12.3 Å². The highest BCUT2D eigenvalue weighted by Crippen LogP contribution is 2.10. The number of hydrogen-bond acceptors (Lipinski definition) is 4. The Bertz CT molecular complexity index is 137. The summed E-state index contributed by atoms with van der Waals surface area (Å²) in [5, 5.41) is 3.38. The van der Waals surface area contributed by atoms with Crippen LogP contribution in [0.1, 0.15) is 6.42 Å². The van der Waals surface area contributed by atoms with Crippen molar-refractivity contribution in [2.75, 3.05) is 47.1 Å². The van der Waals surface area contributed by atoms with Crippen molar-refractivity contribution < 1.29 is 14.2 Å². The molecule has 2 unspecified atom stereocenters. The maximum absolute atomic E-state index is 5.29. The van der Waals surface area contributed by atoms with Crippen LogP contribution >= 0.6 is 0 Å². The van der Waals surface area contributed by atoms with Crippen LogP contribution in [0.3, 0.4) is 0 Å². The van der Waals surface area contributed by atoms with Gasteiger partial charge < -0.3 is 19.5 Å². The topological polar surface area (TPSA) is 39.7 Å². The first kappa shape index (κ1) is 11.9. The molecule has 0 saturated carbocycles. The predicted molar refractivity (Wildman–Crippen MR) is 54.5 cm³/mol. The summed E-state index contributed by atoms with van der Waals surface area (Å²) in [6, 6.07) is 0. The van der Waals surface area contributed by atoms with Crippen molar-refractivity contribution in [1.82, 2.24) is 5.32 Å². The Morgan fingerprint density at radius 3 is 2.93 bits per heavy atom. The minimum absolute atomic E-state index is 0.155. The van der Waals surface area contributed by atoms with Crippen LogP contribution in [-0.2, 0) is 14.2 Å². The van der Waals surface area contributed by atoms with E-state index in [1.54, 1.807) is 14.2 Å². The van der Waals surface area contributed by atoms with Gasteiger partial charge >= 0.3 is 0 Å². The molecule has 14 heavy (non-hydrogen) atoms. The number of hydrogen-bond donors (Lipinski definition) is 1. The van der Waals surface area contributed by atoms with Gasteiger partial charge in [0.05, 0.1) is 19.3 Å². The number of methoxy groups -OCH3 is 2. The maximum atomic E-state index is 5.29. The lowest BCUT2D eigenvalue weighted by atomic mass is 10.1. The van der Waals surface area contributed by atoms with Crippen LogP contribution in [0.25, 0.3) is 0 Å². The van der Waals surface area contributed by atoms with E-state index in [-0.39, 0.29) is 6.10 Å². The second-order valence-corrected chi connectivity index (χ2v) is 3.70. The number of rotatable bonds is 7. The first-order valence-corrected chi connectivity index (χ1v) is 5.17. The molecular weight excluding hydrogens is 182 g/mol. The molecule has 1 aliphatic rings. The number of ether oxygens (including phenoxy) is 3. The Morgan fingerprint density at radius 1 is 1.50 bits per heavy atom. The molecule has 2 atom stereocenters. The van der Waals surface area contributed by atoms with E-state index < -0.39 is 0 Å². The third kappa shape index (κ3) is 4.37. The molecule has 0 bridgehead atoms. The van der Waals surface area contributed by atoms with Gasteiger partial charge in [0, 0.05) is 33.9 Å². The van der Waals surface area contributed by atoms with Gasteiger partial charge in [-0.1, -0.05) is 0 Å². The molecule has 1 rings (SSSR count). The fraction of sp³-hybridized carbons (Fsp3) is 1.00. The highest BCUT2D eigenvalue weighted by atomic mass is 16.5. The maximum Gasteiger partial charge on any atom is 0.0928 e. The highest BCUT2D eigenvalue weighted by Gasteiger charge is 2.15. The molecular formula is C10H21NO3. The molecule has 0 radical (unpaired) electrons. The van der Waals surface area contributed by atoms with E-state index in [1.807, 2.05) is 0 Å². The van der Waals surface area contributed by atoms with Crippen molar-refractivity contribution >= 4 is 0 Å². The SMILES string of the molecule is COCC(CNCC1CCOC1)OC. The zero-order valence-electron chi connectivity index (χ0n) is 9.12. The zero-order valence-corrected chi connectivity index (χ0v) is 9.12. The van der Waals surface area contributed by atoms with Crippen molar-refractivity contribution in [3.8, 4) is 0 Å². The van der Waals surface area contributed by atoms with E-state index in [0.29, 0.717) is 12.5 Å². The number of nitrogens with one attached hydrogen (secondary N) is 1. The molecule has 4 heteroatoms. The summed E-state index contributed by atoms with van der Waals surface area (Å²) in [6.07, 6.45) is 1.33. The van der Waals surface area contributed by atoms with Crippen LogP contribution in [-0.4, -0.2) is 53.2 Å². The molecule has 1 heterocycles. The normalized spacial score (nSPS) is 24.0. The summed E-state index contributed by atoms with van der Waals surface area (Å²) in [7, 11) is 3.40. The highest BCUT2D eigenvalue weighted by molar-refractivity contribution is 4.68. The molecule has 0 spiro atoms. The lowest BCUT2D eigenvalue weighted by Crippen LogP contribution is -2.34. The van der Waals surface area contributed by atoms with Crippen LogP contribution in [0.15, 0.2) is 0 Å². The molecule has 84 valence electrons. The molecule has 1 fully saturated rings. The molecule has 0 aromatic rings. The molecule has 0 aromatic heterocycles. The Balaban J connectivity index is 2.00. The molecule has 0 aliphatic carbocycles. The first-order chi connectivity index (χ1) is 6.86. The molecule has 4 nitrogen and oxygen atoms in total. The van der Waals surface area contributed by atoms with Gasteiger partial charge in [0.2, 0.25) is 0 Å². The Labute approximate surface area is 85.9 Å². The average Bonchev–Trinajstić information content (AvgIpc) is 2.69. The minimum Gasteiger partial charge on any atom is -0.382 e. The van der Waals surface area contributed by atoms with Gasteiger partial charge in [0.1, 0.15) is 0 Å². The van der Waals surface area contributed by atoms with Crippen LogP contribution in [0.2, 0.25) is 0 Å². The molecule has 1 N–H and O–H groups in total. The van der Waals surface area contributed by atoms with E-state index in [0.717, 1.165) is 26.3 Å². The van der Waals surface area contributed by atoms with Crippen molar-refractivity contribution in [3.63, 3.8) is 0 Å². The van der Waals surface area contributed by atoms with E-state index in [1.165, 1.54) is 6.42 Å². The zero-order chi connectivity index (χ0) is 10.2. The van der Waals surface area contributed by atoms with Gasteiger partial charge in [-0.2, -0.15) is 0 Å². The van der Waals surface area contributed by atoms with Crippen LogP contribution in [0.5, 0.6) is 0 Å². The quantitative estimate of drug-likeness (QED) is 0.645. The van der Waals surface area contributed by atoms with Crippen LogP contribution in [0.4, 0.5) is 0 Å². The largest absolute Gasteiger partial charge is 0.382 e. The lowest BCUT2D eigenvalue weighted by molar-refractivity contribution is 0.0284. The van der Waals surface area contributed by atoms with Crippen LogP contribution < -0.4 is 5.32 Å². The smallest absolute Gasteiger partial charge is 0.0928 e. The Morgan fingerprint density at radius 2 is 2.36 bits per heavy atom. The van der Waals surface area contributed by atoms with Gasteiger partial charge in [-0.3, -0.25) is 0 Å². The second kappa shape index (κ2) is 7.17. The third-order valence-electron chi connectivity index (χ3n) is 2.51. The van der Waals surface area contributed by atoms with Crippen molar-refractivity contribution in [3.05, 3.63) is 0 Å².